The number of rotatable bonds is 6. The summed E-state index contributed by atoms with van der Waals surface area (Å²) in [5.74, 6) is -0.668. The Morgan fingerprint density at radius 2 is 2.00 bits per heavy atom. The molecule has 0 aliphatic carbocycles. The maximum atomic E-state index is 11.5. The van der Waals surface area contributed by atoms with Crippen molar-refractivity contribution in [3.8, 4) is 0 Å². The summed E-state index contributed by atoms with van der Waals surface area (Å²) in [6, 6.07) is 9.32. The second-order valence-electron chi connectivity index (χ2n) is 3.41. The van der Waals surface area contributed by atoms with E-state index >= 15 is 0 Å². The average molecular weight is 233 g/mol. The molecule has 0 heterocycles. The second kappa shape index (κ2) is 7.22. The van der Waals surface area contributed by atoms with Gasteiger partial charge in [0.1, 0.15) is 13.2 Å². The van der Waals surface area contributed by atoms with E-state index in [0.717, 1.165) is 5.56 Å². The fourth-order valence-corrected chi connectivity index (χ4v) is 1.22. The summed E-state index contributed by atoms with van der Waals surface area (Å²) in [7, 11) is 0. The lowest BCUT2D eigenvalue weighted by Crippen LogP contribution is -2.31. The number of hydrogen-bond donors (Lipinski definition) is 1. The van der Waals surface area contributed by atoms with Gasteiger partial charge < -0.3 is 10.1 Å². The molecule has 1 aromatic carbocycles. The Kier molecular flexibility index (Phi) is 5.51. The minimum absolute atomic E-state index is 0.112. The minimum atomic E-state index is -0.466. The Morgan fingerprint density at radius 1 is 1.29 bits per heavy atom. The van der Waals surface area contributed by atoms with Gasteiger partial charge in [0.2, 0.25) is 5.91 Å². The van der Waals surface area contributed by atoms with E-state index in [1.54, 1.807) is 0 Å². The molecular weight excluding hydrogens is 218 g/mol. The zero-order valence-electron chi connectivity index (χ0n) is 9.52. The maximum absolute atomic E-state index is 11.5. The van der Waals surface area contributed by atoms with Gasteiger partial charge in [-0.2, -0.15) is 0 Å². The van der Waals surface area contributed by atoms with Crippen molar-refractivity contribution in [3.63, 3.8) is 0 Å². The van der Waals surface area contributed by atoms with Crippen LogP contribution in [-0.4, -0.2) is 25.0 Å². The molecule has 4 heteroatoms. The molecule has 0 bridgehead atoms. The van der Waals surface area contributed by atoms with Gasteiger partial charge in [-0.05, 0) is 5.56 Å². The average Bonchev–Trinajstić information content (AvgIpc) is 2.35. The summed E-state index contributed by atoms with van der Waals surface area (Å²) < 4.78 is 4.72. The molecule has 4 nitrogen and oxygen atoms in total. The zero-order valence-corrected chi connectivity index (χ0v) is 9.52. The second-order valence-corrected chi connectivity index (χ2v) is 3.41. The van der Waals surface area contributed by atoms with Crippen molar-refractivity contribution in [1.82, 2.24) is 5.32 Å². The summed E-state index contributed by atoms with van der Waals surface area (Å²) in [5.41, 5.74) is 0.907. The molecule has 0 saturated carbocycles. The molecule has 0 aliphatic rings. The molecule has 1 amide bonds. The smallest absolute Gasteiger partial charge is 0.325 e. The number of ether oxygens (including phenoxy) is 1. The lowest BCUT2D eigenvalue weighted by atomic mass is 10.1. The summed E-state index contributed by atoms with van der Waals surface area (Å²) in [5, 5.41) is 2.49. The third kappa shape index (κ3) is 5.51. The highest BCUT2D eigenvalue weighted by Crippen LogP contribution is 1.98. The SMILES string of the molecule is C=CCOC(=O)CNC(=O)Cc1ccccc1. The molecule has 0 atom stereocenters. The predicted molar refractivity (Wildman–Crippen MR) is 64.3 cm³/mol. The standard InChI is InChI=1S/C13H15NO3/c1-2-8-17-13(16)10-14-12(15)9-11-6-4-3-5-7-11/h2-7H,1,8-10H2,(H,14,15). The molecule has 1 aromatic rings. The van der Waals surface area contributed by atoms with Crippen LogP contribution in [0.4, 0.5) is 0 Å². The van der Waals surface area contributed by atoms with Gasteiger partial charge >= 0.3 is 5.97 Å². The van der Waals surface area contributed by atoms with E-state index in [9.17, 15) is 9.59 Å². The van der Waals surface area contributed by atoms with Crippen LogP contribution in [0.1, 0.15) is 5.56 Å². The minimum Gasteiger partial charge on any atom is -0.460 e. The molecule has 0 unspecified atom stereocenters. The summed E-state index contributed by atoms with van der Waals surface area (Å²) in [6.07, 6.45) is 1.74. The molecule has 90 valence electrons. The topological polar surface area (TPSA) is 55.4 Å². The first-order valence-electron chi connectivity index (χ1n) is 5.29. The molecule has 0 saturated heterocycles. The van der Waals surface area contributed by atoms with E-state index in [1.807, 2.05) is 30.3 Å². The van der Waals surface area contributed by atoms with Crippen LogP contribution in [0.2, 0.25) is 0 Å². The lowest BCUT2D eigenvalue weighted by molar-refractivity contribution is -0.142. The molecule has 0 spiro atoms. The Hall–Kier alpha value is -2.10. The van der Waals surface area contributed by atoms with Crippen molar-refractivity contribution < 1.29 is 14.3 Å². The molecule has 1 N–H and O–H groups in total. The van der Waals surface area contributed by atoms with Crippen LogP contribution in [0.15, 0.2) is 43.0 Å². The normalized spacial score (nSPS) is 9.41. The highest BCUT2D eigenvalue weighted by atomic mass is 16.5. The van der Waals surface area contributed by atoms with Crippen molar-refractivity contribution >= 4 is 11.9 Å². The molecule has 0 radical (unpaired) electrons. The highest BCUT2D eigenvalue weighted by molar-refractivity contribution is 5.83. The first-order valence-corrected chi connectivity index (χ1v) is 5.29. The summed E-state index contributed by atoms with van der Waals surface area (Å²) >= 11 is 0. The third-order valence-corrected chi connectivity index (χ3v) is 2.00. The molecule has 17 heavy (non-hydrogen) atoms. The summed E-state index contributed by atoms with van der Waals surface area (Å²) in [6.45, 7) is 3.47. The molecule has 0 fully saturated rings. The van der Waals surface area contributed by atoms with Crippen LogP contribution >= 0.6 is 0 Å². The van der Waals surface area contributed by atoms with Crippen molar-refractivity contribution in [2.45, 2.75) is 6.42 Å². The lowest BCUT2D eigenvalue weighted by Gasteiger charge is -2.04. The number of amides is 1. The number of carbonyl (C=O) groups is 2. The summed E-state index contributed by atoms with van der Waals surface area (Å²) in [4.78, 5) is 22.5. The number of hydrogen-bond acceptors (Lipinski definition) is 3. The van der Waals surface area contributed by atoms with E-state index in [-0.39, 0.29) is 25.5 Å². The van der Waals surface area contributed by atoms with Crippen LogP contribution in [0.3, 0.4) is 0 Å². The Balaban J connectivity index is 2.26. The predicted octanol–water partition coefficient (Wildman–Crippen LogP) is 1.07. The van der Waals surface area contributed by atoms with Crippen LogP contribution < -0.4 is 5.32 Å². The van der Waals surface area contributed by atoms with Crippen molar-refractivity contribution in [1.29, 1.82) is 0 Å². The van der Waals surface area contributed by atoms with Gasteiger partial charge in [-0.25, -0.2) is 0 Å². The van der Waals surface area contributed by atoms with Crippen molar-refractivity contribution in [2.24, 2.45) is 0 Å². The quantitative estimate of drug-likeness (QED) is 0.590. The first-order chi connectivity index (χ1) is 8.22. The Morgan fingerprint density at radius 3 is 2.65 bits per heavy atom. The molecule has 0 aromatic heterocycles. The largest absolute Gasteiger partial charge is 0.460 e. The van der Waals surface area contributed by atoms with Gasteiger partial charge in [-0.3, -0.25) is 9.59 Å². The van der Waals surface area contributed by atoms with Crippen LogP contribution in [0.5, 0.6) is 0 Å². The van der Waals surface area contributed by atoms with E-state index < -0.39 is 5.97 Å². The van der Waals surface area contributed by atoms with Gasteiger partial charge in [0, 0.05) is 0 Å². The van der Waals surface area contributed by atoms with Crippen LogP contribution in [0, 0.1) is 0 Å². The molecule has 1 rings (SSSR count). The van der Waals surface area contributed by atoms with Gasteiger partial charge in [0.25, 0.3) is 0 Å². The number of carbonyl (C=O) groups excluding carboxylic acids is 2. The zero-order chi connectivity index (χ0) is 12.5. The van der Waals surface area contributed by atoms with Gasteiger partial charge in [0.05, 0.1) is 6.42 Å². The number of benzene rings is 1. The molecular formula is C13H15NO3. The highest BCUT2D eigenvalue weighted by Gasteiger charge is 2.06. The van der Waals surface area contributed by atoms with E-state index in [4.69, 9.17) is 4.74 Å². The number of esters is 1. The fraction of sp³-hybridized carbons (Fsp3) is 0.231. The number of nitrogens with one attached hydrogen (secondary N) is 1. The van der Waals surface area contributed by atoms with Gasteiger partial charge in [-0.1, -0.05) is 43.0 Å². The Bertz CT molecular complexity index is 387. The van der Waals surface area contributed by atoms with Crippen LogP contribution in [0.25, 0.3) is 0 Å². The van der Waals surface area contributed by atoms with E-state index in [0.29, 0.717) is 0 Å². The first kappa shape index (κ1) is 13.0. The fourth-order valence-electron chi connectivity index (χ4n) is 1.22. The molecule has 0 aliphatic heterocycles. The van der Waals surface area contributed by atoms with Crippen molar-refractivity contribution in [3.05, 3.63) is 48.6 Å². The van der Waals surface area contributed by atoms with Gasteiger partial charge in [0.15, 0.2) is 0 Å². The van der Waals surface area contributed by atoms with E-state index in [1.165, 1.54) is 6.08 Å². The monoisotopic (exact) mass is 233 g/mol. The van der Waals surface area contributed by atoms with Crippen LogP contribution in [-0.2, 0) is 20.7 Å². The van der Waals surface area contributed by atoms with E-state index in [2.05, 4.69) is 11.9 Å². The van der Waals surface area contributed by atoms with Gasteiger partial charge in [-0.15, -0.1) is 0 Å². The van der Waals surface area contributed by atoms with Crippen molar-refractivity contribution in [2.75, 3.05) is 13.2 Å². The Labute approximate surface area is 100 Å². The maximum Gasteiger partial charge on any atom is 0.325 e. The third-order valence-electron chi connectivity index (χ3n) is 2.00.